The average Bonchev–Trinajstić information content (AvgIpc) is 2.23. The third-order valence-corrected chi connectivity index (χ3v) is 3.41. The largest absolute Gasteiger partial charge is 0.378 e. The lowest BCUT2D eigenvalue weighted by Crippen LogP contribution is -2.34. The van der Waals surface area contributed by atoms with Crippen LogP contribution in [0.3, 0.4) is 0 Å². The topological polar surface area (TPSA) is 18.5 Å². The maximum Gasteiger partial charge on any atom is 0.0830 e. The van der Waals surface area contributed by atoms with Gasteiger partial charge >= 0.3 is 0 Å². The van der Waals surface area contributed by atoms with Gasteiger partial charge in [-0.05, 0) is 19.3 Å². The minimum absolute atomic E-state index is 0.235. The first-order valence-electron chi connectivity index (χ1n) is 5.88. The average molecular weight is 208 g/mol. The minimum atomic E-state index is 0.235. The Morgan fingerprint density at radius 3 is 2.87 bits per heavy atom. The van der Waals surface area contributed by atoms with Crippen LogP contribution in [0.4, 0.5) is 0 Å². The second-order valence-electron chi connectivity index (χ2n) is 4.50. The molecule has 84 valence electrons. The highest BCUT2D eigenvalue weighted by atomic mass is 16.5. The molecule has 0 amide bonds. The zero-order chi connectivity index (χ0) is 10.6. The van der Waals surface area contributed by atoms with Crippen molar-refractivity contribution >= 4 is 0 Å². The molecule has 2 heteroatoms. The molecule has 0 aromatic rings. The lowest BCUT2D eigenvalue weighted by Gasteiger charge is -2.32. The van der Waals surface area contributed by atoms with E-state index in [1.54, 1.807) is 0 Å². The predicted molar refractivity (Wildman–Crippen MR) is 60.8 cm³/mol. The zero-order valence-electron chi connectivity index (χ0n) is 9.45. The highest BCUT2D eigenvalue weighted by Gasteiger charge is 2.26. The van der Waals surface area contributed by atoms with Gasteiger partial charge in [-0.2, -0.15) is 0 Å². The molecule has 0 N–H and O–H groups in total. The molecule has 0 spiro atoms. The molecule has 1 aliphatic carbocycles. The fourth-order valence-corrected chi connectivity index (χ4v) is 1.99. The van der Waals surface area contributed by atoms with Gasteiger partial charge in [0.15, 0.2) is 0 Å². The fourth-order valence-electron chi connectivity index (χ4n) is 1.99. The van der Waals surface area contributed by atoms with E-state index >= 15 is 0 Å². The first-order valence-corrected chi connectivity index (χ1v) is 5.88. The molecule has 2 unspecified atom stereocenters. The summed E-state index contributed by atoms with van der Waals surface area (Å²) in [6.07, 6.45) is 12.5. The molecular weight excluding hydrogens is 188 g/mol. The summed E-state index contributed by atoms with van der Waals surface area (Å²) in [6.45, 7) is 4.73. The molecule has 0 saturated carbocycles. The molecule has 0 radical (unpaired) electrons. The Morgan fingerprint density at radius 1 is 1.47 bits per heavy atom. The number of hydrogen-bond acceptors (Lipinski definition) is 2. The molecule has 0 aromatic heterocycles. The van der Waals surface area contributed by atoms with E-state index in [1.807, 2.05) is 0 Å². The highest BCUT2D eigenvalue weighted by Crippen LogP contribution is 2.32. The van der Waals surface area contributed by atoms with Crippen molar-refractivity contribution in [2.24, 2.45) is 5.41 Å². The molecule has 2 nitrogen and oxygen atoms in total. The standard InChI is InChI=1S/C13H20O2/c1-2-13(7-4-3-5-8-13)11-14-10-12-6-9-15-12/h3-5,7,12H,2,6,8-11H2,1H3. The van der Waals surface area contributed by atoms with Gasteiger partial charge in [-0.1, -0.05) is 31.2 Å². The molecule has 0 bridgehead atoms. The SMILES string of the molecule is CCC1(COCC2CCO2)C=CC=CC1. The van der Waals surface area contributed by atoms with Gasteiger partial charge in [0.2, 0.25) is 0 Å². The molecule has 1 aliphatic heterocycles. The van der Waals surface area contributed by atoms with E-state index in [-0.39, 0.29) is 5.41 Å². The number of allylic oxidation sites excluding steroid dienone is 3. The van der Waals surface area contributed by atoms with Crippen molar-refractivity contribution in [3.63, 3.8) is 0 Å². The summed E-state index contributed by atoms with van der Waals surface area (Å²) >= 11 is 0. The third-order valence-electron chi connectivity index (χ3n) is 3.41. The van der Waals surface area contributed by atoms with E-state index in [4.69, 9.17) is 9.47 Å². The monoisotopic (exact) mass is 208 g/mol. The van der Waals surface area contributed by atoms with Gasteiger partial charge in [0, 0.05) is 12.0 Å². The summed E-state index contributed by atoms with van der Waals surface area (Å²) in [5.41, 5.74) is 0.235. The maximum atomic E-state index is 5.76. The molecule has 2 aliphatic rings. The fraction of sp³-hybridized carbons (Fsp3) is 0.692. The van der Waals surface area contributed by atoms with Gasteiger partial charge in [-0.25, -0.2) is 0 Å². The first-order chi connectivity index (χ1) is 7.35. The second-order valence-corrected chi connectivity index (χ2v) is 4.50. The zero-order valence-corrected chi connectivity index (χ0v) is 9.45. The molecular formula is C13H20O2. The van der Waals surface area contributed by atoms with E-state index < -0.39 is 0 Å². The van der Waals surface area contributed by atoms with Crippen LogP contribution in [0.5, 0.6) is 0 Å². The smallest absolute Gasteiger partial charge is 0.0830 e. The van der Waals surface area contributed by atoms with Crippen LogP contribution in [0.15, 0.2) is 24.3 Å². The highest BCUT2D eigenvalue weighted by molar-refractivity contribution is 5.16. The van der Waals surface area contributed by atoms with E-state index in [1.165, 1.54) is 0 Å². The van der Waals surface area contributed by atoms with Crippen molar-refractivity contribution in [3.8, 4) is 0 Å². The van der Waals surface area contributed by atoms with Gasteiger partial charge in [0.1, 0.15) is 0 Å². The van der Waals surface area contributed by atoms with Crippen LogP contribution < -0.4 is 0 Å². The number of rotatable bonds is 5. The summed E-state index contributed by atoms with van der Waals surface area (Å²) in [5, 5.41) is 0. The van der Waals surface area contributed by atoms with Crippen LogP contribution in [0.1, 0.15) is 26.2 Å². The Hall–Kier alpha value is -0.600. The van der Waals surface area contributed by atoms with Gasteiger partial charge in [0.05, 0.1) is 19.3 Å². The van der Waals surface area contributed by atoms with Gasteiger partial charge in [0.25, 0.3) is 0 Å². The quantitative estimate of drug-likeness (QED) is 0.691. The molecule has 1 saturated heterocycles. The van der Waals surface area contributed by atoms with Crippen molar-refractivity contribution < 1.29 is 9.47 Å². The van der Waals surface area contributed by atoms with Crippen LogP contribution >= 0.6 is 0 Å². The number of ether oxygens (including phenoxy) is 2. The lowest BCUT2D eigenvalue weighted by atomic mass is 9.80. The van der Waals surface area contributed by atoms with Crippen molar-refractivity contribution in [2.45, 2.75) is 32.3 Å². The van der Waals surface area contributed by atoms with E-state index in [2.05, 4.69) is 31.2 Å². The molecule has 0 aromatic carbocycles. The van der Waals surface area contributed by atoms with Crippen molar-refractivity contribution in [2.75, 3.05) is 19.8 Å². The lowest BCUT2D eigenvalue weighted by molar-refractivity contribution is -0.101. The Bertz CT molecular complexity index is 253. The van der Waals surface area contributed by atoms with Crippen molar-refractivity contribution in [3.05, 3.63) is 24.3 Å². The van der Waals surface area contributed by atoms with Crippen LogP contribution in [0.2, 0.25) is 0 Å². The summed E-state index contributed by atoms with van der Waals surface area (Å²) < 4.78 is 11.1. The van der Waals surface area contributed by atoms with E-state index in [9.17, 15) is 0 Å². The molecule has 1 fully saturated rings. The van der Waals surface area contributed by atoms with E-state index in [0.29, 0.717) is 6.10 Å². The Balaban J connectivity index is 1.74. The summed E-state index contributed by atoms with van der Waals surface area (Å²) in [4.78, 5) is 0. The van der Waals surface area contributed by atoms with Gasteiger partial charge in [-0.3, -0.25) is 0 Å². The molecule has 2 rings (SSSR count). The Kier molecular flexibility index (Phi) is 3.60. The summed E-state index contributed by atoms with van der Waals surface area (Å²) in [6, 6.07) is 0. The minimum Gasteiger partial charge on any atom is -0.378 e. The van der Waals surface area contributed by atoms with Crippen LogP contribution in [0, 0.1) is 5.41 Å². The van der Waals surface area contributed by atoms with E-state index in [0.717, 1.165) is 39.1 Å². The predicted octanol–water partition coefficient (Wildman–Crippen LogP) is 2.70. The maximum absolute atomic E-state index is 5.76. The third kappa shape index (κ3) is 2.70. The van der Waals surface area contributed by atoms with Crippen molar-refractivity contribution in [1.29, 1.82) is 0 Å². The number of hydrogen-bond donors (Lipinski definition) is 0. The first kappa shape index (κ1) is 10.9. The van der Waals surface area contributed by atoms with Crippen LogP contribution in [0.25, 0.3) is 0 Å². The van der Waals surface area contributed by atoms with Gasteiger partial charge < -0.3 is 9.47 Å². The summed E-state index contributed by atoms with van der Waals surface area (Å²) in [5.74, 6) is 0. The normalized spacial score (nSPS) is 34.1. The molecule has 15 heavy (non-hydrogen) atoms. The Morgan fingerprint density at radius 2 is 2.33 bits per heavy atom. The van der Waals surface area contributed by atoms with Gasteiger partial charge in [-0.15, -0.1) is 0 Å². The molecule has 2 atom stereocenters. The second kappa shape index (κ2) is 4.95. The van der Waals surface area contributed by atoms with Crippen molar-refractivity contribution in [1.82, 2.24) is 0 Å². The summed E-state index contributed by atoms with van der Waals surface area (Å²) in [7, 11) is 0. The van der Waals surface area contributed by atoms with Crippen LogP contribution in [-0.2, 0) is 9.47 Å². The van der Waals surface area contributed by atoms with Crippen LogP contribution in [-0.4, -0.2) is 25.9 Å². The Labute approximate surface area is 92.0 Å². The molecule has 1 heterocycles.